The Bertz CT molecular complexity index is 1550. The Hall–Kier alpha value is -4.29. The second-order valence-corrected chi connectivity index (χ2v) is 12.4. The lowest BCUT2D eigenvalue weighted by Crippen LogP contribution is -2.50. The van der Waals surface area contributed by atoms with Crippen LogP contribution >= 0.6 is 0 Å². The lowest BCUT2D eigenvalue weighted by atomic mass is 9.99. The quantitative estimate of drug-likeness (QED) is 0.330. The Kier molecular flexibility index (Phi) is 9.82. The van der Waals surface area contributed by atoms with E-state index in [0.717, 1.165) is 5.56 Å². The molecule has 0 saturated carbocycles. The molecule has 1 heterocycles. The maximum Gasteiger partial charge on any atom is 0.321 e. The highest BCUT2D eigenvalue weighted by Gasteiger charge is 2.35. The minimum atomic E-state index is -4.02. The van der Waals surface area contributed by atoms with E-state index in [-0.39, 0.29) is 53.5 Å². The summed E-state index contributed by atoms with van der Waals surface area (Å²) in [5.74, 6) is 0.0126. The van der Waals surface area contributed by atoms with Crippen LogP contribution in [0.25, 0.3) is 0 Å². The van der Waals surface area contributed by atoms with Gasteiger partial charge in [0.2, 0.25) is 0 Å². The second-order valence-electron chi connectivity index (χ2n) is 10.8. The summed E-state index contributed by atoms with van der Waals surface area (Å²) in [4.78, 5) is 29.9. The fraction of sp³-hybridized carbons (Fsp3) is 0.355. The third kappa shape index (κ3) is 7.38. The summed E-state index contributed by atoms with van der Waals surface area (Å²) >= 11 is 0. The first kappa shape index (κ1) is 31.6. The second kappa shape index (κ2) is 13.3. The minimum absolute atomic E-state index is 0.0545. The molecule has 3 amide bonds. The van der Waals surface area contributed by atoms with Crippen molar-refractivity contribution in [3.63, 3.8) is 0 Å². The third-order valence-electron chi connectivity index (χ3n) is 7.41. The molecule has 0 fully saturated rings. The van der Waals surface area contributed by atoms with Crippen LogP contribution in [0.5, 0.6) is 11.5 Å². The molecule has 0 bridgehead atoms. The summed E-state index contributed by atoms with van der Waals surface area (Å²) in [6.45, 7) is 5.59. The fourth-order valence-electron chi connectivity index (χ4n) is 4.71. The van der Waals surface area contributed by atoms with Crippen molar-refractivity contribution in [2.45, 2.75) is 37.8 Å². The average molecular weight is 611 g/mol. The molecule has 0 aliphatic carbocycles. The minimum Gasteiger partial charge on any atom is -0.497 e. The molecular weight excluding hydrogens is 572 g/mol. The number of rotatable bonds is 9. The Morgan fingerprint density at radius 3 is 2.44 bits per heavy atom. The van der Waals surface area contributed by atoms with E-state index in [1.165, 1.54) is 23.1 Å². The number of para-hydroxylation sites is 1. The van der Waals surface area contributed by atoms with Crippen LogP contribution in [0.2, 0.25) is 0 Å². The van der Waals surface area contributed by atoms with Gasteiger partial charge in [0, 0.05) is 25.2 Å². The molecular formula is C31H38N4O7S. The maximum absolute atomic E-state index is 13.7. The third-order valence-corrected chi connectivity index (χ3v) is 8.79. The van der Waals surface area contributed by atoms with Crippen molar-refractivity contribution in [1.29, 1.82) is 0 Å². The van der Waals surface area contributed by atoms with Crippen LogP contribution in [0.15, 0.2) is 71.6 Å². The molecule has 12 heteroatoms. The number of carbonyl (C=O) groups is 2. The number of likely N-dealkylation sites (N-methyl/N-ethyl adjacent to an activating group) is 1. The number of benzene rings is 3. The number of nitrogens with zero attached hydrogens (tertiary/aromatic N) is 2. The predicted molar refractivity (Wildman–Crippen MR) is 164 cm³/mol. The van der Waals surface area contributed by atoms with E-state index in [9.17, 15) is 23.1 Å². The number of hydrogen-bond donors (Lipinski definition) is 3. The van der Waals surface area contributed by atoms with Gasteiger partial charge in [-0.1, -0.05) is 30.7 Å². The smallest absolute Gasteiger partial charge is 0.321 e. The normalized spacial score (nSPS) is 17.5. The van der Waals surface area contributed by atoms with E-state index in [2.05, 4.69) is 10.0 Å². The number of anilines is 2. The molecule has 1 aliphatic heterocycles. The van der Waals surface area contributed by atoms with Gasteiger partial charge in [-0.3, -0.25) is 9.52 Å². The van der Waals surface area contributed by atoms with E-state index in [1.807, 2.05) is 13.8 Å². The molecule has 11 nitrogen and oxygen atoms in total. The van der Waals surface area contributed by atoms with E-state index < -0.39 is 28.1 Å². The first-order valence-electron chi connectivity index (χ1n) is 13.9. The van der Waals surface area contributed by atoms with Gasteiger partial charge in [-0.25, -0.2) is 13.2 Å². The van der Waals surface area contributed by atoms with Gasteiger partial charge in [-0.2, -0.15) is 0 Å². The van der Waals surface area contributed by atoms with Crippen LogP contribution in [0.1, 0.15) is 29.8 Å². The van der Waals surface area contributed by atoms with Gasteiger partial charge in [0.1, 0.15) is 11.9 Å². The highest BCUT2D eigenvalue weighted by Crippen LogP contribution is 2.36. The van der Waals surface area contributed by atoms with Crippen LogP contribution in [0.4, 0.5) is 16.2 Å². The number of hydrogen-bond acceptors (Lipinski definition) is 7. The fourth-order valence-corrected chi connectivity index (χ4v) is 5.77. The van der Waals surface area contributed by atoms with Crippen LogP contribution in [0, 0.1) is 12.8 Å². The van der Waals surface area contributed by atoms with E-state index in [0.29, 0.717) is 11.4 Å². The Labute approximate surface area is 252 Å². The van der Waals surface area contributed by atoms with E-state index >= 15 is 0 Å². The van der Waals surface area contributed by atoms with Crippen LogP contribution in [-0.2, 0) is 10.0 Å². The highest BCUT2D eigenvalue weighted by molar-refractivity contribution is 7.92. The number of aliphatic hydroxyl groups is 1. The molecule has 3 aromatic carbocycles. The Morgan fingerprint density at radius 1 is 1.14 bits per heavy atom. The van der Waals surface area contributed by atoms with Gasteiger partial charge in [-0.15, -0.1) is 0 Å². The van der Waals surface area contributed by atoms with E-state index in [4.69, 9.17) is 9.47 Å². The summed E-state index contributed by atoms with van der Waals surface area (Å²) in [6.07, 6.45) is -0.642. The molecule has 1 aliphatic rings. The van der Waals surface area contributed by atoms with Crippen molar-refractivity contribution in [2.24, 2.45) is 5.92 Å². The van der Waals surface area contributed by atoms with Crippen LogP contribution < -0.4 is 19.5 Å². The zero-order chi connectivity index (χ0) is 31.3. The van der Waals surface area contributed by atoms with E-state index in [1.54, 1.807) is 74.5 Å². The number of ether oxygens (including phenoxy) is 2. The van der Waals surface area contributed by atoms with Crippen molar-refractivity contribution >= 4 is 33.3 Å². The Morgan fingerprint density at radius 2 is 1.81 bits per heavy atom. The van der Waals surface area contributed by atoms with Gasteiger partial charge >= 0.3 is 6.03 Å². The zero-order valence-corrected chi connectivity index (χ0v) is 25.7. The number of sulfonamides is 1. The van der Waals surface area contributed by atoms with Gasteiger partial charge < -0.3 is 29.7 Å². The SMILES string of the molecule is COc1ccc(NC(=O)N(C)C[C@H]2Oc3c(NS(=O)(=O)c4ccc(C)cc4)cccc3C(=O)N([C@@H](C)CO)C[C@H]2C)cc1. The number of nitrogens with one attached hydrogen (secondary N) is 2. The molecule has 3 N–H and O–H groups in total. The number of methoxy groups -OCH3 is 1. The topological polar surface area (TPSA) is 138 Å². The maximum atomic E-state index is 13.7. The van der Waals surface area contributed by atoms with Gasteiger partial charge in [0.15, 0.2) is 5.75 Å². The zero-order valence-electron chi connectivity index (χ0n) is 24.9. The molecule has 0 spiro atoms. The molecule has 0 aromatic heterocycles. The molecule has 230 valence electrons. The summed E-state index contributed by atoms with van der Waals surface area (Å²) < 4.78 is 40.8. The van der Waals surface area contributed by atoms with Crippen molar-refractivity contribution in [3.8, 4) is 11.5 Å². The van der Waals surface area contributed by atoms with Crippen LogP contribution in [-0.4, -0.2) is 81.3 Å². The monoisotopic (exact) mass is 610 g/mol. The van der Waals surface area contributed by atoms with Crippen molar-refractivity contribution in [1.82, 2.24) is 9.80 Å². The van der Waals surface area contributed by atoms with Crippen molar-refractivity contribution in [2.75, 3.05) is 43.9 Å². The van der Waals surface area contributed by atoms with Gasteiger partial charge in [0.05, 0.1) is 42.4 Å². The van der Waals surface area contributed by atoms with Gasteiger partial charge in [-0.05, 0) is 62.4 Å². The average Bonchev–Trinajstić information content (AvgIpc) is 2.99. The molecule has 3 atom stereocenters. The molecule has 0 unspecified atom stereocenters. The standard InChI is InChI=1S/C31H38N4O7S/c1-20-9-15-25(16-10-20)43(39,40)33-27-8-6-7-26-29(27)42-28(21(2)17-35(30(26)37)22(3)19-36)18-34(4)31(38)32-23-11-13-24(41-5)14-12-23/h6-16,21-22,28,33,36H,17-19H2,1-5H3,(H,32,38)/t21-,22+,28-/m1/s1. The highest BCUT2D eigenvalue weighted by atomic mass is 32.2. The van der Waals surface area contributed by atoms with Crippen LogP contribution in [0.3, 0.4) is 0 Å². The van der Waals surface area contributed by atoms with Gasteiger partial charge in [0.25, 0.3) is 15.9 Å². The number of aryl methyl sites for hydroxylation is 1. The predicted octanol–water partition coefficient (Wildman–Crippen LogP) is 4.19. The molecule has 0 saturated heterocycles. The molecule has 4 rings (SSSR count). The Balaban J connectivity index is 1.66. The molecule has 3 aromatic rings. The number of urea groups is 1. The lowest BCUT2D eigenvalue weighted by molar-refractivity contribution is 0.0373. The molecule has 0 radical (unpaired) electrons. The molecule has 43 heavy (non-hydrogen) atoms. The lowest BCUT2D eigenvalue weighted by Gasteiger charge is -2.38. The first-order valence-corrected chi connectivity index (χ1v) is 15.4. The number of fused-ring (bicyclic) bond motifs is 1. The van der Waals surface area contributed by atoms with Crippen molar-refractivity contribution < 1.29 is 32.6 Å². The number of aliphatic hydroxyl groups excluding tert-OH is 1. The summed E-state index contributed by atoms with van der Waals surface area (Å²) in [7, 11) is -0.837. The largest absolute Gasteiger partial charge is 0.497 e. The number of carbonyl (C=O) groups excluding carboxylic acids is 2. The summed E-state index contributed by atoms with van der Waals surface area (Å²) in [5.41, 5.74) is 1.72. The summed E-state index contributed by atoms with van der Waals surface area (Å²) in [5, 5.41) is 12.8. The number of amides is 3. The van der Waals surface area contributed by atoms with Crippen molar-refractivity contribution in [3.05, 3.63) is 77.9 Å². The summed E-state index contributed by atoms with van der Waals surface area (Å²) in [6, 6.07) is 17.1. The first-order chi connectivity index (χ1) is 20.4.